The van der Waals surface area contributed by atoms with Gasteiger partial charge in [-0.1, -0.05) is 24.3 Å². The first-order valence-electron chi connectivity index (χ1n) is 7.41. The molecule has 4 rings (SSSR count). The second kappa shape index (κ2) is 9.06. The molecule has 2 heterocycles. The fourth-order valence-electron chi connectivity index (χ4n) is 1.86. The van der Waals surface area contributed by atoms with Crippen LogP contribution in [0.3, 0.4) is 0 Å². The Morgan fingerprint density at radius 3 is 1.81 bits per heavy atom. The first-order valence-corrected chi connectivity index (χ1v) is 7.78. The van der Waals surface area contributed by atoms with E-state index < -0.39 is 0 Å². The van der Waals surface area contributed by atoms with Gasteiger partial charge in [0.15, 0.2) is 23.1 Å². The Morgan fingerprint density at radius 1 is 0.852 bits per heavy atom. The molecule has 0 saturated carbocycles. The zero-order valence-electron chi connectivity index (χ0n) is 14.0. The van der Waals surface area contributed by atoms with Crippen LogP contribution >= 0.6 is 11.6 Å². The Bertz CT molecular complexity index is 998. The highest BCUT2D eigenvalue weighted by molar-refractivity contribution is 6.28. The van der Waals surface area contributed by atoms with E-state index in [0.717, 1.165) is 16.6 Å². The minimum atomic E-state index is -0.333. The molecule has 0 atom stereocenters. The number of hydrogen-bond donors (Lipinski definition) is 5. The van der Waals surface area contributed by atoms with Gasteiger partial charge in [-0.15, -0.1) is 0 Å². The molecule has 0 unspecified atom stereocenters. The molecule has 0 bridgehead atoms. The zero-order chi connectivity index (χ0) is 19.8. The van der Waals surface area contributed by atoms with Crippen LogP contribution in [0.25, 0.3) is 22.2 Å². The number of rotatable bonds is 1. The number of guanidine groups is 2. The zero-order valence-corrected chi connectivity index (χ0v) is 14.7. The Morgan fingerprint density at radius 2 is 1.33 bits per heavy atom. The lowest BCUT2D eigenvalue weighted by atomic mass is 10.3. The average Bonchev–Trinajstić information content (AvgIpc) is 3.15. The Labute approximate surface area is 158 Å². The molecule has 0 radical (unpaired) electrons. The molecule has 140 valence electrons. The topological polar surface area (TPSA) is 192 Å². The van der Waals surface area contributed by atoms with Crippen molar-refractivity contribution in [1.82, 2.24) is 9.97 Å². The van der Waals surface area contributed by atoms with Crippen molar-refractivity contribution in [3.63, 3.8) is 0 Å². The van der Waals surface area contributed by atoms with Crippen LogP contribution in [-0.4, -0.2) is 21.9 Å². The summed E-state index contributed by atoms with van der Waals surface area (Å²) in [5.41, 5.74) is 22.2. The molecule has 0 aliphatic rings. The highest BCUT2D eigenvalue weighted by atomic mass is 35.5. The molecule has 0 aliphatic carbocycles. The largest absolute Gasteiger partial charge is 0.428 e. The van der Waals surface area contributed by atoms with Crippen molar-refractivity contribution >= 4 is 51.7 Å². The van der Waals surface area contributed by atoms with Crippen molar-refractivity contribution in [2.75, 3.05) is 0 Å². The van der Waals surface area contributed by atoms with Crippen LogP contribution in [0.4, 0.5) is 6.01 Å². The van der Waals surface area contributed by atoms with Crippen LogP contribution in [0.1, 0.15) is 0 Å². The average molecular weight is 389 g/mol. The molecular weight excluding hydrogens is 372 g/mol. The number of nitrogens with two attached hydrogens (primary N) is 4. The fourth-order valence-corrected chi connectivity index (χ4v) is 2.04. The predicted octanol–water partition coefficient (Wildman–Crippen LogP) is 2.05. The van der Waals surface area contributed by atoms with Crippen molar-refractivity contribution < 1.29 is 8.83 Å². The third-order valence-corrected chi connectivity index (χ3v) is 2.94. The summed E-state index contributed by atoms with van der Waals surface area (Å²) in [5.74, 6) is -0.397. The van der Waals surface area contributed by atoms with Gasteiger partial charge in [0.05, 0.1) is 0 Å². The molecule has 11 heteroatoms. The summed E-state index contributed by atoms with van der Waals surface area (Å²) < 4.78 is 10.2. The number of fused-ring (bicyclic) bond motifs is 2. The standard InChI is InChI=1S/C8H8N4O.C7H4ClNO.CH5N3/c9-7(10)12-8-11-5-3-1-2-4-6(5)13-8;8-7-9-5-3-1-2-4-6(5)10-7;2-1(3)4/h1-4H,(H4,9,10,11,12);1-4H;(H5,2,3,4). The van der Waals surface area contributed by atoms with E-state index in [4.69, 9.17) is 37.3 Å². The molecule has 4 aromatic rings. The van der Waals surface area contributed by atoms with E-state index in [1.165, 1.54) is 0 Å². The summed E-state index contributed by atoms with van der Waals surface area (Å²) in [4.78, 5) is 11.6. The molecule has 0 spiro atoms. The second-order valence-electron chi connectivity index (χ2n) is 4.89. The molecule has 0 fully saturated rings. The van der Waals surface area contributed by atoms with Gasteiger partial charge >= 0.3 is 6.01 Å². The van der Waals surface area contributed by atoms with E-state index in [1.54, 1.807) is 6.07 Å². The van der Waals surface area contributed by atoms with Gasteiger partial charge < -0.3 is 31.8 Å². The summed E-state index contributed by atoms with van der Waals surface area (Å²) in [6.45, 7) is 0. The van der Waals surface area contributed by atoms with E-state index in [9.17, 15) is 0 Å². The first kappa shape index (κ1) is 19.5. The van der Waals surface area contributed by atoms with Crippen molar-refractivity contribution in [2.24, 2.45) is 27.9 Å². The molecule has 0 amide bonds. The molecule has 0 aliphatic heterocycles. The molecule has 9 N–H and O–H groups in total. The molecule has 10 nitrogen and oxygen atoms in total. The maximum atomic E-state index is 6.06. The first-order chi connectivity index (χ1) is 12.8. The highest BCUT2D eigenvalue weighted by Crippen LogP contribution is 2.19. The SMILES string of the molecule is Clc1nc2ccccc2o1.N=C(N)N.NC(N)=Nc1nc2ccccc2o1. The van der Waals surface area contributed by atoms with Crippen LogP contribution in [-0.2, 0) is 0 Å². The van der Waals surface area contributed by atoms with Crippen LogP contribution in [0, 0.1) is 5.41 Å². The van der Waals surface area contributed by atoms with Gasteiger partial charge in [-0.05, 0) is 35.9 Å². The number of aromatic nitrogens is 2. The Kier molecular flexibility index (Phi) is 6.55. The number of halogens is 1. The van der Waals surface area contributed by atoms with Gasteiger partial charge in [-0.3, -0.25) is 5.41 Å². The van der Waals surface area contributed by atoms with Crippen molar-refractivity contribution in [3.8, 4) is 0 Å². The predicted molar refractivity (Wildman–Crippen MR) is 105 cm³/mol. The third-order valence-electron chi connectivity index (χ3n) is 2.78. The number of nitrogens with one attached hydrogen (secondary N) is 1. The third kappa shape index (κ3) is 6.21. The van der Waals surface area contributed by atoms with Crippen LogP contribution < -0.4 is 22.9 Å². The minimum Gasteiger partial charge on any atom is -0.428 e. The molecule has 2 aromatic carbocycles. The van der Waals surface area contributed by atoms with Crippen LogP contribution in [0.15, 0.2) is 62.4 Å². The van der Waals surface area contributed by atoms with E-state index in [1.807, 2.05) is 42.5 Å². The van der Waals surface area contributed by atoms with Gasteiger partial charge in [0.2, 0.25) is 0 Å². The fraction of sp³-hybridized carbons (Fsp3) is 0. The van der Waals surface area contributed by atoms with Crippen LogP contribution in [0.2, 0.25) is 5.35 Å². The van der Waals surface area contributed by atoms with E-state index in [-0.39, 0.29) is 23.3 Å². The van der Waals surface area contributed by atoms with Gasteiger partial charge in [0.1, 0.15) is 11.0 Å². The Balaban J connectivity index is 0.000000166. The van der Waals surface area contributed by atoms with Crippen LogP contribution in [0.5, 0.6) is 0 Å². The number of oxazole rings is 2. The van der Waals surface area contributed by atoms with Crippen molar-refractivity contribution in [3.05, 3.63) is 53.9 Å². The quantitative estimate of drug-likeness (QED) is 0.241. The normalized spacial score (nSPS) is 9.67. The number of benzene rings is 2. The lowest BCUT2D eigenvalue weighted by Gasteiger charge is -1.84. The van der Waals surface area contributed by atoms with E-state index >= 15 is 0 Å². The smallest absolute Gasteiger partial charge is 0.325 e. The summed E-state index contributed by atoms with van der Waals surface area (Å²) in [5, 5.41) is 6.25. The summed E-state index contributed by atoms with van der Waals surface area (Å²) in [7, 11) is 0. The molecule has 27 heavy (non-hydrogen) atoms. The number of para-hydroxylation sites is 4. The van der Waals surface area contributed by atoms with Crippen molar-refractivity contribution in [2.45, 2.75) is 0 Å². The summed E-state index contributed by atoms with van der Waals surface area (Å²) in [6.07, 6.45) is 0. The number of hydrogen-bond acceptors (Lipinski definition) is 6. The monoisotopic (exact) mass is 388 g/mol. The number of aliphatic imine (C=N–C) groups is 1. The van der Waals surface area contributed by atoms with Gasteiger partial charge in [-0.2, -0.15) is 15.0 Å². The second-order valence-corrected chi connectivity index (χ2v) is 5.21. The lowest BCUT2D eigenvalue weighted by molar-refractivity contribution is 0.604. The van der Waals surface area contributed by atoms with E-state index in [2.05, 4.69) is 26.4 Å². The van der Waals surface area contributed by atoms with Crippen molar-refractivity contribution in [1.29, 1.82) is 5.41 Å². The maximum Gasteiger partial charge on any atom is 0.325 e. The maximum absolute atomic E-state index is 6.06. The highest BCUT2D eigenvalue weighted by Gasteiger charge is 2.02. The van der Waals surface area contributed by atoms with Gasteiger partial charge in [-0.25, -0.2) is 0 Å². The van der Waals surface area contributed by atoms with Gasteiger partial charge in [0.25, 0.3) is 5.35 Å². The van der Waals surface area contributed by atoms with Gasteiger partial charge in [0, 0.05) is 0 Å². The molecule has 0 saturated heterocycles. The number of nitrogens with zero attached hydrogens (tertiary/aromatic N) is 3. The molecule has 2 aromatic heterocycles. The minimum absolute atomic E-state index is 0.0634. The summed E-state index contributed by atoms with van der Waals surface area (Å²) in [6, 6.07) is 15.0. The van der Waals surface area contributed by atoms with E-state index in [0.29, 0.717) is 5.58 Å². The lowest BCUT2D eigenvalue weighted by Crippen LogP contribution is -2.21. The Hall–Kier alpha value is -3.79. The molecular formula is C16H17ClN8O2. The summed E-state index contributed by atoms with van der Waals surface area (Å²) >= 11 is 5.51.